The molecule has 1 aliphatic rings. The SMILES string of the molecule is Cc1ccc(C)c(-n2c(SCC(=O)N3CCc4ccccc43)nc3ccsc3c2=O)c1. The number of carbonyl (C=O) groups is 1. The van der Waals surface area contributed by atoms with E-state index in [-0.39, 0.29) is 17.2 Å². The molecule has 31 heavy (non-hydrogen) atoms. The average Bonchev–Trinajstić information content (AvgIpc) is 3.41. The largest absolute Gasteiger partial charge is 0.311 e. The molecule has 2 aromatic carbocycles. The van der Waals surface area contributed by atoms with Crippen LogP contribution in [0.15, 0.2) is 63.9 Å². The van der Waals surface area contributed by atoms with Crippen LogP contribution in [0.3, 0.4) is 0 Å². The minimum absolute atomic E-state index is 0.0297. The number of fused-ring (bicyclic) bond motifs is 2. The summed E-state index contributed by atoms with van der Waals surface area (Å²) < 4.78 is 2.29. The molecular formula is C24H21N3O2S2. The van der Waals surface area contributed by atoms with Crippen LogP contribution in [-0.4, -0.2) is 27.8 Å². The third kappa shape index (κ3) is 3.58. The molecule has 0 aliphatic carbocycles. The zero-order valence-electron chi connectivity index (χ0n) is 17.3. The molecule has 0 saturated carbocycles. The summed E-state index contributed by atoms with van der Waals surface area (Å²) in [4.78, 5) is 33.0. The molecule has 0 bridgehead atoms. The lowest BCUT2D eigenvalue weighted by atomic mass is 10.1. The third-order valence-electron chi connectivity index (χ3n) is 5.57. The second-order valence-corrected chi connectivity index (χ2v) is 9.53. The summed E-state index contributed by atoms with van der Waals surface area (Å²) >= 11 is 2.72. The summed E-state index contributed by atoms with van der Waals surface area (Å²) in [5.74, 6) is 0.253. The Bertz CT molecular complexity index is 1370. The van der Waals surface area contributed by atoms with Crippen molar-refractivity contribution in [2.75, 3.05) is 17.2 Å². The number of rotatable bonds is 4. The Labute approximate surface area is 188 Å². The molecule has 7 heteroatoms. The van der Waals surface area contributed by atoms with E-state index in [1.807, 2.05) is 66.6 Å². The van der Waals surface area contributed by atoms with Crippen molar-refractivity contribution in [3.8, 4) is 5.69 Å². The van der Waals surface area contributed by atoms with Crippen molar-refractivity contribution in [3.05, 3.63) is 81.0 Å². The van der Waals surface area contributed by atoms with E-state index in [0.717, 1.165) is 28.9 Å². The number of carbonyl (C=O) groups excluding carboxylic acids is 1. The fourth-order valence-electron chi connectivity index (χ4n) is 3.96. The molecule has 0 N–H and O–H groups in total. The minimum atomic E-state index is -0.0878. The second-order valence-electron chi connectivity index (χ2n) is 7.67. The van der Waals surface area contributed by atoms with E-state index in [0.29, 0.717) is 21.9 Å². The van der Waals surface area contributed by atoms with Crippen LogP contribution in [0.1, 0.15) is 16.7 Å². The van der Waals surface area contributed by atoms with Gasteiger partial charge < -0.3 is 4.90 Å². The number of amides is 1. The van der Waals surface area contributed by atoms with Crippen molar-refractivity contribution >= 4 is 44.9 Å². The Morgan fingerprint density at radius 2 is 1.97 bits per heavy atom. The van der Waals surface area contributed by atoms with Gasteiger partial charge in [0, 0.05) is 12.2 Å². The van der Waals surface area contributed by atoms with Crippen molar-refractivity contribution in [1.82, 2.24) is 9.55 Å². The number of aromatic nitrogens is 2. The highest BCUT2D eigenvalue weighted by atomic mass is 32.2. The molecule has 2 aromatic heterocycles. The number of para-hydroxylation sites is 1. The third-order valence-corrected chi connectivity index (χ3v) is 7.38. The van der Waals surface area contributed by atoms with Crippen molar-refractivity contribution in [3.63, 3.8) is 0 Å². The zero-order valence-corrected chi connectivity index (χ0v) is 18.9. The van der Waals surface area contributed by atoms with Gasteiger partial charge in [0.2, 0.25) is 5.91 Å². The highest BCUT2D eigenvalue weighted by Crippen LogP contribution is 2.30. The van der Waals surface area contributed by atoms with Crippen LogP contribution in [0.25, 0.3) is 15.9 Å². The van der Waals surface area contributed by atoms with Gasteiger partial charge >= 0.3 is 0 Å². The van der Waals surface area contributed by atoms with Gasteiger partial charge in [0.15, 0.2) is 5.16 Å². The summed E-state index contributed by atoms with van der Waals surface area (Å²) in [7, 11) is 0. The number of anilines is 1. The first-order chi connectivity index (χ1) is 15.0. The molecule has 0 unspecified atom stereocenters. The first kappa shape index (κ1) is 20.0. The lowest BCUT2D eigenvalue weighted by molar-refractivity contribution is -0.116. The zero-order chi connectivity index (χ0) is 21.5. The molecule has 1 aliphatic heterocycles. The first-order valence-electron chi connectivity index (χ1n) is 10.1. The molecule has 0 spiro atoms. The molecule has 5 nitrogen and oxygen atoms in total. The molecule has 1 amide bonds. The van der Waals surface area contributed by atoms with Crippen LogP contribution in [0.5, 0.6) is 0 Å². The molecule has 5 rings (SSSR count). The van der Waals surface area contributed by atoms with Crippen LogP contribution in [0.4, 0.5) is 5.69 Å². The van der Waals surface area contributed by atoms with Gasteiger partial charge in [-0.25, -0.2) is 4.98 Å². The number of thiophene rings is 1. The molecular weight excluding hydrogens is 426 g/mol. The van der Waals surface area contributed by atoms with Gasteiger partial charge in [0.1, 0.15) is 4.70 Å². The predicted octanol–water partition coefficient (Wildman–Crippen LogP) is 4.75. The van der Waals surface area contributed by atoms with Crippen molar-refractivity contribution in [2.45, 2.75) is 25.4 Å². The smallest absolute Gasteiger partial charge is 0.276 e. The molecule has 0 radical (unpaired) electrons. The van der Waals surface area contributed by atoms with Crippen molar-refractivity contribution < 1.29 is 4.79 Å². The van der Waals surface area contributed by atoms with Gasteiger partial charge in [0.25, 0.3) is 5.56 Å². The summed E-state index contributed by atoms with van der Waals surface area (Å²) in [6, 6.07) is 15.9. The van der Waals surface area contributed by atoms with Crippen LogP contribution in [0, 0.1) is 13.8 Å². The Morgan fingerprint density at radius 1 is 1.13 bits per heavy atom. The van der Waals surface area contributed by atoms with E-state index >= 15 is 0 Å². The Balaban J connectivity index is 1.52. The standard InChI is InChI=1S/C24H21N3O2S2/c1-15-7-8-16(2)20(13-15)27-23(29)22-18(10-12-30-22)25-24(27)31-14-21(28)26-11-9-17-5-3-4-6-19(17)26/h3-8,10,12-13H,9,11,14H2,1-2H3. The summed E-state index contributed by atoms with van der Waals surface area (Å²) in [6.45, 7) is 4.69. The lowest BCUT2D eigenvalue weighted by Crippen LogP contribution is -2.31. The molecule has 0 atom stereocenters. The summed E-state index contributed by atoms with van der Waals surface area (Å²) in [5.41, 5.74) is 5.65. The maximum Gasteiger partial charge on any atom is 0.276 e. The first-order valence-corrected chi connectivity index (χ1v) is 12.0. The number of thioether (sulfide) groups is 1. The highest BCUT2D eigenvalue weighted by molar-refractivity contribution is 7.99. The van der Waals surface area contributed by atoms with E-state index in [1.54, 1.807) is 4.57 Å². The van der Waals surface area contributed by atoms with Crippen LogP contribution < -0.4 is 10.5 Å². The molecule has 0 saturated heterocycles. The van der Waals surface area contributed by atoms with Crippen LogP contribution >= 0.6 is 23.1 Å². The molecule has 156 valence electrons. The fourth-order valence-corrected chi connectivity index (χ4v) is 5.60. The average molecular weight is 448 g/mol. The Kier molecular flexibility index (Phi) is 5.16. The summed E-state index contributed by atoms with van der Waals surface area (Å²) in [6.07, 6.45) is 0.874. The fraction of sp³-hybridized carbons (Fsp3) is 0.208. The quantitative estimate of drug-likeness (QED) is 0.335. The number of hydrogen-bond donors (Lipinski definition) is 0. The Hall–Kier alpha value is -2.90. The van der Waals surface area contributed by atoms with Crippen LogP contribution in [0.2, 0.25) is 0 Å². The van der Waals surface area contributed by atoms with Gasteiger partial charge in [-0.1, -0.05) is 42.1 Å². The van der Waals surface area contributed by atoms with Gasteiger partial charge in [0.05, 0.1) is 17.0 Å². The van der Waals surface area contributed by atoms with E-state index in [2.05, 4.69) is 6.07 Å². The maximum absolute atomic E-state index is 13.4. The van der Waals surface area contributed by atoms with Gasteiger partial charge in [-0.15, -0.1) is 11.3 Å². The second kappa shape index (κ2) is 7.98. The number of nitrogens with zero attached hydrogens (tertiary/aromatic N) is 3. The number of hydrogen-bond acceptors (Lipinski definition) is 5. The van der Waals surface area contributed by atoms with E-state index < -0.39 is 0 Å². The van der Waals surface area contributed by atoms with Gasteiger partial charge in [-0.3, -0.25) is 14.2 Å². The monoisotopic (exact) mass is 447 g/mol. The predicted molar refractivity (Wildman–Crippen MR) is 128 cm³/mol. The normalized spacial score (nSPS) is 13.0. The minimum Gasteiger partial charge on any atom is -0.311 e. The topological polar surface area (TPSA) is 55.2 Å². The molecule has 3 heterocycles. The summed E-state index contributed by atoms with van der Waals surface area (Å²) in [5, 5.41) is 2.43. The van der Waals surface area contributed by atoms with Crippen LogP contribution in [-0.2, 0) is 11.2 Å². The van der Waals surface area contributed by atoms with E-state index in [1.165, 1.54) is 28.7 Å². The van der Waals surface area contributed by atoms with Gasteiger partial charge in [-0.05, 0) is 60.5 Å². The van der Waals surface area contributed by atoms with E-state index in [9.17, 15) is 9.59 Å². The van der Waals surface area contributed by atoms with Crippen molar-refractivity contribution in [1.29, 1.82) is 0 Å². The lowest BCUT2D eigenvalue weighted by Gasteiger charge is -2.18. The van der Waals surface area contributed by atoms with Gasteiger partial charge in [-0.2, -0.15) is 0 Å². The number of benzene rings is 2. The highest BCUT2D eigenvalue weighted by Gasteiger charge is 2.25. The maximum atomic E-state index is 13.4. The molecule has 0 fully saturated rings. The van der Waals surface area contributed by atoms with Crippen molar-refractivity contribution in [2.24, 2.45) is 0 Å². The van der Waals surface area contributed by atoms with E-state index in [4.69, 9.17) is 4.98 Å². The molecule has 4 aromatic rings. The Morgan fingerprint density at radius 3 is 2.84 bits per heavy atom. The number of aryl methyl sites for hydroxylation is 2.